The maximum absolute atomic E-state index is 13.5. The maximum atomic E-state index is 13.5. The first-order valence-corrected chi connectivity index (χ1v) is 18.7. The van der Waals surface area contributed by atoms with E-state index in [0.29, 0.717) is 18.3 Å². The molecular formula is C38H63NO14. The van der Waals surface area contributed by atoms with E-state index < -0.39 is 116 Å². The highest BCUT2D eigenvalue weighted by atomic mass is 16.7. The number of hydrogen-bond donors (Lipinski definition) is 5. The Morgan fingerprint density at radius 3 is 2.15 bits per heavy atom. The van der Waals surface area contributed by atoms with E-state index in [-0.39, 0.29) is 25.2 Å². The molecule has 0 amide bonds. The normalized spacial score (nSPS) is 44.2. The van der Waals surface area contributed by atoms with Crippen molar-refractivity contribution in [1.82, 2.24) is 4.90 Å². The lowest BCUT2D eigenvalue weighted by molar-refractivity contribution is -0.304. The third-order valence-corrected chi connectivity index (χ3v) is 10.9. The predicted molar refractivity (Wildman–Crippen MR) is 191 cm³/mol. The zero-order chi connectivity index (χ0) is 39.7. The minimum Gasteiger partial charge on any atom is -0.462 e. The first-order valence-electron chi connectivity index (χ1n) is 18.7. The van der Waals surface area contributed by atoms with Crippen molar-refractivity contribution in [2.24, 2.45) is 23.7 Å². The molecule has 3 aliphatic rings. The molecule has 2 fully saturated rings. The Hall–Kier alpha value is -2.15. The topological polar surface area (TPSA) is 211 Å². The number of aldehydes is 1. The second kappa shape index (κ2) is 20.7. The van der Waals surface area contributed by atoms with Crippen LogP contribution in [0.4, 0.5) is 0 Å². The van der Waals surface area contributed by atoms with Gasteiger partial charge in [-0.2, -0.15) is 0 Å². The van der Waals surface area contributed by atoms with Crippen LogP contribution in [0.3, 0.4) is 0 Å². The second-order valence-electron chi connectivity index (χ2n) is 15.1. The zero-order valence-electron chi connectivity index (χ0n) is 32.5. The molecule has 0 aromatic heterocycles. The summed E-state index contributed by atoms with van der Waals surface area (Å²) >= 11 is 0. The SMILES string of the molecule is CC[C@H]1OC(=O)C[C@@H](O)[C@H](C)[C@@H](OC2O[C@@H](C)[C@@H](O)[C@@H](N(C)C)[C@@H]2O)[C@@H](CC=O)C[C@@H](C)C(=O)/C=C/C(C)=C/[C@@H]1CO[C@H]1O[C@H](C)[C@H](O)[C@H](O)[C@@H]1OC. The predicted octanol–water partition coefficient (Wildman–Crippen LogP) is 0.908. The number of esters is 1. The summed E-state index contributed by atoms with van der Waals surface area (Å²) < 4.78 is 35.6. The fourth-order valence-corrected chi connectivity index (χ4v) is 7.51. The number of carbonyl (C=O) groups excluding carboxylic acids is 3. The van der Waals surface area contributed by atoms with Crippen molar-refractivity contribution in [3.8, 4) is 0 Å². The van der Waals surface area contributed by atoms with Gasteiger partial charge in [-0.15, -0.1) is 0 Å². The van der Waals surface area contributed by atoms with Crippen molar-refractivity contribution in [2.75, 3.05) is 27.8 Å². The quantitative estimate of drug-likeness (QED) is 0.155. The van der Waals surface area contributed by atoms with Crippen LogP contribution in [0.25, 0.3) is 0 Å². The maximum Gasteiger partial charge on any atom is 0.308 e. The van der Waals surface area contributed by atoms with Gasteiger partial charge in [-0.3, -0.25) is 9.59 Å². The number of aliphatic hydroxyl groups excluding tert-OH is 5. The molecule has 53 heavy (non-hydrogen) atoms. The summed E-state index contributed by atoms with van der Waals surface area (Å²) in [6.45, 7) is 10.2. The summed E-state index contributed by atoms with van der Waals surface area (Å²) in [6.07, 6.45) is -6.88. The summed E-state index contributed by atoms with van der Waals surface area (Å²) in [5.41, 5.74) is 0.673. The smallest absolute Gasteiger partial charge is 0.308 e. The highest BCUT2D eigenvalue weighted by Crippen LogP contribution is 2.34. The third kappa shape index (κ3) is 11.7. The molecule has 3 rings (SSSR count). The van der Waals surface area contributed by atoms with Gasteiger partial charge in [-0.25, -0.2) is 0 Å². The molecule has 0 aromatic carbocycles. The van der Waals surface area contributed by atoms with Crippen molar-refractivity contribution < 1.29 is 68.3 Å². The van der Waals surface area contributed by atoms with Crippen LogP contribution < -0.4 is 0 Å². The van der Waals surface area contributed by atoms with E-state index in [1.54, 1.807) is 59.7 Å². The van der Waals surface area contributed by atoms with E-state index in [1.807, 2.05) is 13.0 Å². The fraction of sp³-hybridized carbons (Fsp3) is 0.816. The van der Waals surface area contributed by atoms with Crippen molar-refractivity contribution in [3.05, 3.63) is 23.8 Å². The van der Waals surface area contributed by atoms with Gasteiger partial charge >= 0.3 is 5.97 Å². The van der Waals surface area contributed by atoms with E-state index in [1.165, 1.54) is 13.2 Å². The Morgan fingerprint density at radius 2 is 1.55 bits per heavy atom. The standard InChI is InChI=1S/C38H63NO14/c1-10-28-25(18-49-38-36(48-9)34(47)32(45)23(6)51-38)15-19(2)11-12-26(41)20(3)16-24(13-14-40)35(21(4)27(42)17-29(43)52-28)53-37-33(46)30(39(7)8)31(44)22(5)50-37/h11-12,14-15,20-25,27-28,30-38,42,44-47H,10,13,16-18H2,1-9H3/b12-11+,19-15+/t20-,21+,22+,23-,24+,25-,27-,28-,30-,31-,32+,33+,34+,35-,36+,37?,38+/m1/s1. The van der Waals surface area contributed by atoms with Crippen molar-refractivity contribution in [1.29, 1.82) is 0 Å². The molecule has 15 nitrogen and oxygen atoms in total. The summed E-state index contributed by atoms with van der Waals surface area (Å²) in [5, 5.41) is 54.4. The molecule has 1 unspecified atom stereocenters. The number of rotatable bonds is 10. The molecule has 0 radical (unpaired) electrons. The lowest BCUT2D eigenvalue weighted by atomic mass is 9.79. The molecule has 0 aromatic rings. The number of allylic oxidation sites excluding steroid dienone is 3. The fourth-order valence-electron chi connectivity index (χ4n) is 7.51. The van der Waals surface area contributed by atoms with E-state index >= 15 is 0 Å². The van der Waals surface area contributed by atoms with Crippen molar-refractivity contribution >= 4 is 18.0 Å². The van der Waals surface area contributed by atoms with Crippen molar-refractivity contribution in [2.45, 2.75) is 147 Å². The van der Waals surface area contributed by atoms with Crippen LogP contribution in [-0.2, 0) is 42.8 Å². The van der Waals surface area contributed by atoms with Crippen molar-refractivity contribution in [3.63, 3.8) is 0 Å². The van der Waals surface area contributed by atoms with Gasteiger partial charge in [0.1, 0.15) is 36.8 Å². The Labute approximate surface area is 313 Å². The molecule has 3 aliphatic heterocycles. The Kier molecular flexibility index (Phi) is 17.6. The van der Waals surface area contributed by atoms with E-state index in [9.17, 15) is 39.9 Å². The highest BCUT2D eigenvalue weighted by molar-refractivity contribution is 5.91. The lowest BCUT2D eigenvalue weighted by Crippen LogP contribution is -2.63. The molecule has 17 atom stereocenters. The van der Waals surface area contributed by atoms with Crippen LogP contribution in [0.2, 0.25) is 0 Å². The first-order chi connectivity index (χ1) is 24.9. The van der Waals surface area contributed by atoms with Gasteiger partial charge in [0.2, 0.25) is 0 Å². The van der Waals surface area contributed by atoms with Crippen LogP contribution in [0.5, 0.6) is 0 Å². The third-order valence-electron chi connectivity index (χ3n) is 10.9. The van der Waals surface area contributed by atoms with E-state index in [2.05, 4.69) is 0 Å². The van der Waals surface area contributed by atoms with Gasteiger partial charge in [0.05, 0.1) is 49.6 Å². The molecular weight excluding hydrogens is 694 g/mol. The molecule has 2 saturated heterocycles. The van der Waals surface area contributed by atoms with Gasteiger partial charge in [0.15, 0.2) is 18.4 Å². The van der Waals surface area contributed by atoms with Gasteiger partial charge in [0.25, 0.3) is 0 Å². The molecule has 3 heterocycles. The van der Waals surface area contributed by atoms with Crippen LogP contribution in [-0.4, -0.2) is 156 Å². The Balaban J connectivity index is 1.96. The number of ketones is 1. The lowest BCUT2D eigenvalue weighted by Gasteiger charge is -2.46. The van der Waals surface area contributed by atoms with Crippen LogP contribution in [0.1, 0.15) is 67.2 Å². The van der Waals surface area contributed by atoms with Crippen LogP contribution in [0, 0.1) is 23.7 Å². The summed E-state index contributed by atoms with van der Waals surface area (Å²) in [5.74, 6) is -3.48. The first kappa shape index (κ1) is 45.2. The molecule has 0 spiro atoms. The number of aliphatic hydroxyl groups is 5. The largest absolute Gasteiger partial charge is 0.462 e. The van der Waals surface area contributed by atoms with Crippen LogP contribution >= 0.6 is 0 Å². The molecule has 304 valence electrons. The summed E-state index contributed by atoms with van der Waals surface area (Å²) in [6, 6.07) is -0.746. The number of carbonyl (C=O) groups is 3. The number of ether oxygens (including phenoxy) is 6. The van der Waals surface area contributed by atoms with E-state index in [4.69, 9.17) is 28.4 Å². The molecule has 0 aliphatic carbocycles. The van der Waals surface area contributed by atoms with Gasteiger partial charge in [0, 0.05) is 31.3 Å². The summed E-state index contributed by atoms with van der Waals surface area (Å²) in [4.78, 5) is 40.6. The second-order valence-corrected chi connectivity index (χ2v) is 15.1. The van der Waals surface area contributed by atoms with Crippen LogP contribution in [0.15, 0.2) is 23.8 Å². The molecule has 15 heteroatoms. The average molecular weight is 758 g/mol. The minimum absolute atomic E-state index is 0.0342. The number of likely N-dealkylation sites (N-methyl/N-ethyl adjacent to an activating group) is 1. The highest BCUT2D eigenvalue weighted by Gasteiger charge is 2.48. The minimum atomic E-state index is -1.33. The number of cyclic esters (lactones) is 1. The number of methoxy groups -OCH3 is 1. The summed E-state index contributed by atoms with van der Waals surface area (Å²) in [7, 11) is 4.78. The van der Waals surface area contributed by atoms with E-state index in [0.717, 1.165) is 0 Å². The molecule has 0 saturated carbocycles. The van der Waals surface area contributed by atoms with Gasteiger partial charge in [-0.1, -0.05) is 38.5 Å². The number of hydrogen-bond acceptors (Lipinski definition) is 15. The molecule has 5 N–H and O–H groups in total. The average Bonchev–Trinajstić information content (AvgIpc) is 3.10. The monoisotopic (exact) mass is 757 g/mol. The molecule has 0 bridgehead atoms. The van der Waals surface area contributed by atoms with Gasteiger partial charge in [-0.05, 0) is 59.7 Å². The Morgan fingerprint density at radius 1 is 0.906 bits per heavy atom. The number of nitrogens with zero attached hydrogens (tertiary/aromatic N) is 1. The zero-order valence-corrected chi connectivity index (χ0v) is 32.5. The Bertz CT molecular complexity index is 1250. The van der Waals surface area contributed by atoms with Gasteiger partial charge < -0.3 is 63.6 Å².